The van der Waals surface area contributed by atoms with Crippen LogP contribution in [0.2, 0.25) is 0 Å². The number of fused-ring (bicyclic) bond motifs is 2. The lowest BCUT2D eigenvalue weighted by molar-refractivity contribution is -0.158. The van der Waals surface area contributed by atoms with Gasteiger partial charge in [-0.25, -0.2) is 14.4 Å². The molecule has 11 nitrogen and oxygen atoms in total. The van der Waals surface area contributed by atoms with Crippen LogP contribution in [0.3, 0.4) is 0 Å². The number of hydrogen-bond acceptors (Lipinski definition) is 11. The number of carbonyl (C=O) groups excluding carboxylic acids is 4. The van der Waals surface area contributed by atoms with Crippen molar-refractivity contribution in [1.82, 2.24) is 0 Å². The average Bonchev–Trinajstić information content (AvgIpc) is 2.92. The summed E-state index contributed by atoms with van der Waals surface area (Å²) in [7, 11) is 0. The second-order valence-electron chi connectivity index (χ2n) is 14.0. The normalized spacial score (nSPS) is 12.0. The Balaban J connectivity index is 2.13. The molecule has 0 bridgehead atoms. The summed E-state index contributed by atoms with van der Waals surface area (Å²) < 4.78 is 39.5. The molecule has 0 spiro atoms. The Morgan fingerprint density at radius 3 is 1.00 bits per heavy atom. The van der Waals surface area contributed by atoms with Crippen LogP contribution in [0.15, 0.2) is 24.3 Å². The van der Waals surface area contributed by atoms with Crippen LogP contribution in [0.5, 0.6) is 23.0 Å². The third kappa shape index (κ3) is 10.8. The Morgan fingerprint density at radius 1 is 0.511 bits per heavy atom. The molecule has 0 unspecified atom stereocenters. The number of aldehydes is 1. The van der Waals surface area contributed by atoms with E-state index in [-0.39, 0.29) is 42.8 Å². The summed E-state index contributed by atoms with van der Waals surface area (Å²) in [6.45, 7) is 18.3. The van der Waals surface area contributed by atoms with Gasteiger partial charge in [0.05, 0.1) is 0 Å². The molecule has 0 radical (unpaired) electrons. The van der Waals surface area contributed by atoms with E-state index in [2.05, 4.69) is 0 Å². The molecule has 0 amide bonds. The highest BCUT2D eigenvalue weighted by molar-refractivity contribution is 6.07. The lowest BCUT2D eigenvalue weighted by Crippen LogP contribution is -2.28. The number of rotatable bonds is 12. The molecule has 3 rings (SSSR count). The second-order valence-corrected chi connectivity index (χ2v) is 14.0. The average molecular weight is 655 g/mol. The van der Waals surface area contributed by atoms with Crippen LogP contribution in [0.1, 0.15) is 73.4 Å². The molecule has 0 saturated heterocycles. The number of carbonyl (C=O) groups is 4. The second kappa shape index (κ2) is 14.5. The van der Waals surface area contributed by atoms with Gasteiger partial charge >= 0.3 is 17.9 Å². The molecule has 0 heterocycles. The number of esters is 3. The maximum Gasteiger partial charge on any atom is 0.344 e. The maximum absolute atomic E-state index is 12.5. The van der Waals surface area contributed by atoms with E-state index in [1.165, 1.54) is 0 Å². The number of ether oxygens (including phenoxy) is 7. The number of aryl methyl sites for hydroxylation is 2. The van der Waals surface area contributed by atoms with Crippen LogP contribution in [-0.2, 0) is 33.4 Å². The molecule has 3 aromatic carbocycles. The van der Waals surface area contributed by atoms with Crippen molar-refractivity contribution in [2.24, 2.45) is 0 Å². The minimum Gasteiger partial charge on any atom is -0.482 e. The molecule has 11 heteroatoms. The SMILES string of the molecule is Cc1c2cc(OCC=O)c(OCC(=O)OC(C)(C)C)cc2c(C)c2cc(OCC(=O)OC(C)(C)C)c(OCC(=O)OC(C)(C)C)cc12. The minimum atomic E-state index is -0.704. The van der Waals surface area contributed by atoms with Crippen molar-refractivity contribution in [2.45, 2.75) is 93.0 Å². The predicted octanol–water partition coefficient (Wildman–Crippen LogP) is 6.35. The highest BCUT2D eigenvalue weighted by Gasteiger charge is 2.23. The molecular formula is C36H46O11. The minimum absolute atomic E-state index is 0.221. The van der Waals surface area contributed by atoms with Crippen molar-refractivity contribution in [1.29, 1.82) is 0 Å². The first-order valence-electron chi connectivity index (χ1n) is 15.3. The van der Waals surface area contributed by atoms with Gasteiger partial charge in [-0.1, -0.05) is 0 Å². The summed E-state index contributed by atoms with van der Waals surface area (Å²) in [5.74, 6) is -0.727. The summed E-state index contributed by atoms with van der Waals surface area (Å²) in [5.41, 5.74) is -0.441. The van der Waals surface area contributed by atoms with Crippen molar-refractivity contribution in [3.63, 3.8) is 0 Å². The van der Waals surface area contributed by atoms with Crippen LogP contribution in [0.25, 0.3) is 21.5 Å². The zero-order valence-corrected chi connectivity index (χ0v) is 29.2. The molecule has 3 aromatic rings. The van der Waals surface area contributed by atoms with Crippen molar-refractivity contribution in [3.05, 3.63) is 35.4 Å². The topological polar surface area (TPSA) is 133 Å². The summed E-state index contributed by atoms with van der Waals surface area (Å²) in [6.07, 6.45) is 0.618. The van der Waals surface area contributed by atoms with E-state index in [0.717, 1.165) is 32.7 Å². The lowest BCUT2D eigenvalue weighted by Gasteiger charge is -2.22. The van der Waals surface area contributed by atoms with E-state index < -0.39 is 41.3 Å². The molecule has 0 aliphatic rings. The Hall–Kier alpha value is -4.54. The molecule has 0 aliphatic carbocycles. The quantitative estimate of drug-likeness (QED) is 0.0936. The molecule has 0 aromatic heterocycles. The fourth-order valence-corrected chi connectivity index (χ4v) is 4.75. The molecule has 0 fully saturated rings. The summed E-state index contributed by atoms with van der Waals surface area (Å²) >= 11 is 0. The fraction of sp³-hybridized carbons (Fsp3) is 0.500. The van der Waals surface area contributed by atoms with Crippen molar-refractivity contribution >= 4 is 45.7 Å². The molecule has 0 aliphatic heterocycles. The number of hydrogen-bond donors (Lipinski definition) is 0. The van der Waals surface area contributed by atoms with E-state index >= 15 is 0 Å². The highest BCUT2D eigenvalue weighted by atomic mass is 16.6. The van der Waals surface area contributed by atoms with Gasteiger partial charge in [-0.3, -0.25) is 4.79 Å². The standard InChI is InChI=1S/C36H46O11/c1-21-23-14-27(41-13-12-37)28(42-18-31(38)45-34(3,4)5)15-24(23)22(2)26-17-30(44-20-33(40)47-36(9,10)11)29(16-25(21)26)43-19-32(39)46-35(6,7)8/h12,14-17H,13,18-20H2,1-11H3. The Labute approximate surface area is 275 Å². The van der Waals surface area contributed by atoms with Crippen molar-refractivity contribution < 1.29 is 52.3 Å². The third-order valence-electron chi connectivity index (χ3n) is 6.39. The van der Waals surface area contributed by atoms with Crippen LogP contribution in [-0.4, -0.2) is 67.4 Å². The first-order chi connectivity index (χ1) is 21.7. The van der Waals surface area contributed by atoms with Crippen LogP contribution >= 0.6 is 0 Å². The molecule has 0 saturated carbocycles. The van der Waals surface area contributed by atoms with Gasteiger partial charge in [0, 0.05) is 0 Å². The van der Waals surface area contributed by atoms with E-state index in [1.807, 2.05) is 13.8 Å². The molecule has 0 atom stereocenters. The zero-order chi connectivity index (χ0) is 35.3. The van der Waals surface area contributed by atoms with Gasteiger partial charge in [-0.15, -0.1) is 0 Å². The van der Waals surface area contributed by atoms with Crippen LogP contribution in [0, 0.1) is 13.8 Å². The summed E-state index contributed by atoms with van der Waals surface area (Å²) in [4.78, 5) is 48.6. The van der Waals surface area contributed by atoms with Gasteiger partial charge < -0.3 is 33.2 Å². The maximum atomic E-state index is 12.5. The fourth-order valence-electron chi connectivity index (χ4n) is 4.75. The molecule has 0 N–H and O–H groups in total. The van der Waals surface area contributed by atoms with Gasteiger partial charge in [0.15, 0.2) is 49.1 Å². The van der Waals surface area contributed by atoms with Gasteiger partial charge in [0.1, 0.15) is 23.4 Å². The predicted molar refractivity (Wildman–Crippen MR) is 177 cm³/mol. The van der Waals surface area contributed by atoms with E-state index in [1.54, 1.807) is 86.6 Å². The first-order valence-corrected chi connectivity index (χ1v) is 15.3. The highest BCUT2D eigenvalue weighted by Crippen LogP contribution is 2.43. The first kappa shape index (κ1) is 36.9. The van der Waals surface area contributed by atoms with Gasteiger partial charge in [0.2, 0.25) is 0 Å². The Kier molecular flexibility index (Phi) is 11.4. The zero-order valence-electron chi connectivity index (χ0n) is 29.2. The summed E-state index contributed by atoms with van der Waals surface area (Å²) in [6, 6.07) is 6.98. The largest absolute Gasteiger partial charge is 0.482 e. The Morgan fingerprint density at radius 2 is 0.766 bits per heavy atom. The van der Waals surface area contributed by atoms with Crippen molar-refractivity contribution in [2.75, 3.05) is 26.4 Å². The molecule has 47 heavy (non-hydrogen) atoms. The van der Waals surface area contributed by atoms with E-state index in [9.17, 15) is 19.2 Å². The monoisotopic (exact) mass is 654 g/mol. The number of benzene rings is 3. The van der Waals surface area contributed by atoms with Crippen LogP contribution in [0.4, 0.5) is 0 Å². The van der Waals surface area contributed by atoms with Gasteiger partial charge in [-0.05, 0) is 133 Å². The van der Waals surface area contributed by atoms with E-state index in [0.29, 0.717) is 6.29 Å². The molecular weight excluding hydrogens is 608 g/mol. The summed E-state index contributed by atoms with van der Waals surface area (Å²) in [5, 5.41) is 3.13. The van der Waals surface area contributed by atoms with E-state index in [4.69, 9.17) is 33.2 Å². The van der Waals surface area contributed by atoms with Gasteiger partial charge in [0.25, 0.3) is 0 Å². The van der Waals surface area contributed by atoms with Crippen LogP contribution < -0.4 is 18.9 Å². The lowest BCUT2D eigenvalue weighted by atomic mass is 9.92. The van der Waals surface area contributed by atoms with Crippen molar-refractivity contribution in [3.8, 4) is 23.0 Å². The smallest absolute Gasteiger partial charge is 0.344 e. The third-order valence-corrected chi connectivity index (χ3v) is 6.39. The Bertz CT molecular complexity index is 1650. The molecule has 256 valence electrons. The van der Waals surface area contributed by atoms with Gasteiger partial charge in [-0.2, -0.15) is 0 Å².